The summed E-state index contributed by atoms with van der Waals surface area (Å²) in [6, 6.07) is 68.9. The number of nitriles is 1. The van der Waals surface area contributed by atoms with Crippen LogP contribution in [0.25, 0.3) is 11.1 Å². The van der Waals surface area contributed by atoms with Gasteiger partial charge in [0.1, 0.15) is 53.5 Å². The number of piperidine rings is 1. The molecule has 26 nitrogen and oxygen atoms in total. The first kappa shape index (κ1) is 123. The Kier molecular flexibility index (Phi) is 56.3. The van der Waals surface area contributed by atoms with Crippen LogP contribution in [0.1, 0.15) is 241 Å². The van der Waals surface area contributed by atoms with Gasteiger partial charge in [0.15, 0.2) is 5.78 Å². The molecule has 0 aliphatic carbocycles. The molecule has 9 aromatic carbocycles. The lowest BCUT2D eigenvalue weighted by atomic mass is 9.80. The van der Waals surface area contributed by atoms with Crippen LogP contribution in [0.3, 0.4) is 0 Å². The number of ketones is 1. The first-order valence-electron chi connectivity index (χ1n) is 51.3. The molecular weight excluding hydrogens is 1890 g/mol. The molecule has 9 aromatic rings. The van der Waals surface area contributed by atoms with Crippen LogP contribution in [0.5, 0.6) is 40.2 Å². The molecule has 0 aromatic heterocycles. The third kappa shape index (κ3) is 46.2. The number of carbonyl (C=O) groups excluding carboxylic acids is 9. The summed E-state index contributed by atoms with van der Waals surface area (Å²) in [5.41, 5.74) is 10.3. The molecule has 1 unspecified atom stereocenters. The zero-order chi connectivity index (χ0) is 109. The summed E-state index contributed by atoms with van der Waals surface area (Å²) in [6.07, 6.45) is 24.7. The Bertz CT molecular complexity index is 5630. The zero-order valence-electron chi connectivity index (χ0n) is 89.7. The number of methoxy groups -OCH3 is 1. The Morgan fingerprint density at radius 3 is 1.22 bits per heavy atom. The monoisotopic (exact) mass is 2040 g/mol. The average molecular weight is 2040 g/mol. The fraction of sp³-hybridized carbons (Fsp3) is 0.398. The number of aryl methyl sites for hydroxylation is 2. The number of Topliss-reactive ketones (excluding diaryl/α,β-unsaturated/α-hetero) is 1. The number of hydrogen-bond acceptors (Lipinski definition) is 26. The second-order valence-corrected chi connectivity index (χ2v) is 37.4. The van der Waals surface area contributed by atoms with E-state index in [4.69, 9.17) is 57.4 Å². The summed E-state index contributed by atoms with van der Waals surface area (Å²) in [5.74, 6) is 0.346. The van der Waals surface area contributed by atoms with Crippen molar-refractivity contribution in [1.29, 1.82) is 5.26 Å². The number of benzene rings is 9. The molecule has 2 heterocycles. The number of rotatable bonds is 51. The molecule has 0 radical (unpaired) electrons. The van der Waals surface area contributed by atoms with E-state index >= 15 is 0 Å². The number of morpholine rings is 1. The van der Waals surface area contributed by atoms with E-state index in [2.05, 4.69) is 160 Å². The minimum absolute atomic E-state index is 0.0325. The van der Waals surface area contributed by atoms with E-state index in [0.29, 0.717) is 136 Å². The maximum atomic E-state index is 13.6. The van der Waals surface area contributed by atoms with Crippen molar-refractivity contribution in [3.63, 3.8) is 0 Å². The number of likely N-dealkylation sites (N-methyl/N-ethyl adjacent to an activating group) is 1. The van der Waals surface area contributed by atoms with E-state index in [-0.39, 0.29) is 25.0 Å². The van der Waals surface area contributed by atoms with Gasteiger partial charge >= 0.3 is 47.8 Å². The van der Waals surface area contributed by atoms with E-state index in [0.717, 1.165) is 133 Å². The van der Waals surface area contributed by atoms with Gasteiger partial charge in [-0.25, -0.2) is 38.4 Å². The molecule has 26 heteroatoms. The van der Waals surface area contributed by atoms with E-state index in [1.165, 1.54) is 73.3 Å². The molecule has 2 fully saturated rings. The normalized spacial score (nSPS) is 12.8. The van der Waals surface area contributed by atoms with Gasteiger partial charge in [0.2, 0.25) is 0 Å². The third-order valence-corrected chi connectivity index (χ3v) is 25.0. The van der Waals surface area contributed by atoms with Crippen molar-refractivity contribution in [3.8, 4) is 57.4 Å². The van der Waals surface area contributed by atoms with Crippen LogP contribution in [0.2, 0.25) is 0 Å². The number of likely N-dealkylation sites (tertiary alicyclic amines) is 1. The van der Waals surface area contributed by atoms with Crippen LogP contribution >= 0.6 is 0 Å². The molecule has 0 saturated carbocycles. The lowest BCUT2D eigenvalue weighted by molar-refractivity contribution is -0.147. The number of ether oxygens (including phenoxy) is 13. The van der Waals surface area contributed by atoms with E-state index in [1.54, 1.807) is 143 Å². The molecule has 2 aliphatic rings. The van der Waals surface area contributed by atoms with Crippen molar-refractivity contribution in [2.45, 2.75) is 214 Å². The predicted octanol–water partition coefficient (Wildman–Crippen LogP) is 24.9. The summed E-state index contributed by atoms with van der Waals surface area (Å²) in [5, 5.41) is 8.79. The van der Waals surface area contributed by atoms with Crippen LogP contribution < -0.4 is 38.1 Å². The van der Waals surface area contributed by atoms with Crippen molar-refractivity contribution in [2.24, 2.45) is 0 Å². The van der Waals surface area contributed by atoms with Crippen LogP contribution in [0.4, 0.5) is 5.69 Å². The van der Waals surface area contributed by atoms with Crippen LogP contribution in [0.15, 0.2) is 281 Å². The number of anilines is 1. The Hall–Kier alpha value is -14.5. The molecule has 798 valence electrons. The predicted molar refractivity (Wildman–Crippen MR) is 586 cm³/mol. The number of esters is 8. The van der Waals surface area contributed by atoms with Crippen molar-refractivity contribution in [1.82, 2.24) is 9.80 Å². The van der Waals surface area contributed by atoms with Crippen molar-refractivity contribution in [3.05, 3.63) is 325 Å². The quantitative estimate of drug-likeness (QED) is 0.00854. The summed E-state index contributed by atoms with van der Waals surface area (Å²) < 4.78 is 68.3. The molecule has 1 atom stereocenters. The fourth-order valence-corrected chi connectivity index (χ4v) is 15.6. The van der Waals surface area contributed by atoms with Crippen LogP contribution in [0, 0.1) is 18.3 Å². The van der Waals surface area contributed by atoms with E-state index in [9.17, 15) is 43.2 Å². The average Bonchev–Trinajstić information content (AvgIpc) is 0.776. The molecule has 2 saturated heterocycles. The lowest BCUT2D eigenvalue weighted by Crippen LogP contribution is -2.56. The molecule has 149 heavy (non-hydrogen) atoms. The molecular formula is C123H154N4O22. The van der Waals surface area contributed by atoms with E-state index in [1.807, 2.05) is 68.7 Å². The summed E-state index contributed by atoms with van der Waals surface area (Å²) in [7, 11) is 7.83. The highest BCUT2D eigenvalue weighted by Gasteiger charge is 2.40. The van der Waals surface area contributed by atoms with Crippen LogP contribution in [-0.4, -0.2) is 187 Å². The lowest BCUT2D eigenvalue weighted by Gasteiger charge is -2.50. The summed E-state index contributed by atoms with van der Waals surface area (Å²) >= 11 is 0. The van der Waals surface area contributed by atoms with Gasteiger partial charge in [0.05, 0.1) is 93.8 Å². The van der Waals surface area contributed by atoms with Gasteiger partial charge in [-0.2, -0.15) is 5.26 Å². The molecule has 0 N–H and O–H groups in total. The first-order valence-corrected chi connectivity index (χ1v) is 51.3. The Balaban J connectivity index is 0.000000292. The summed E-state index contributed by atoms with van der Waals surface area (Å²) in [6.45, 7) is 41.7. The highest BCUT2D eigenvalue weighted by atomic mass is 16.6. The highest BCUT2D eigenvalue weighted by Crippen LogP contribution is 2.37. The van der Waals surface area contributed by atoms with Gasteiger partial charge < -0.3 is 66.5 Å². The minimum Gasteiger partial charge on any atom is -0.497 e. The number of hydrogen-bond donors (Lipinski definition) is 0. The van der Waals surface area contributed by atoms with Crippen molar-refractivity contribution < 1.29 is 105 Å². The van der Waals surface area contributed by atoms with Gasteiger partial charge in [-0.05, 0) is 371 Å². The van der Waals surface area contributed by atoms with Crippen molar-refractivity contribution >= 4 is 59.2 Å². The summed E-state index contributed by atoms with van der Waals surface area (Å²) in [4.78, 5) is 113. The van der Waals surface area contributed by atoms with Crippen LogP contribution in [-0.2, 0) is 65.2 Å². The standard InChI is InChI=1S/C39H44O10.C23H30N2O2.C23H26O6.C18H19N.C10H21N.C10H14O4/c1-4-36(40)46-26-12-8-6-10-24-44-32-18-14-30(15-19-32)38(42)48-34-22-23-35(29(3)28-34)49-39(43)31-16-20-33(21-17-31)45-25-11-7-9-13-27-47-37(41)5-2;1-4-23(24(2)3,18-19-8-6-5-7-9-19)22(26)20-10-12-21(13-11-20)25-14-16-27-17-15-25;1-3-22(24)28-17-7-5-4-6-16-27-20-12-14-21(15-13-20)29-23(25)18-8-10-19(26-2)11-9-18;1-2-3-4-5-15-6-10-17(11-7-15)18-12-8-16(14-19)9-13-18;1-9(2)7-6-8-10(3,4)11(9)5;1-7(2)9(11)13-5-6-14-10(12)8(3)4/h4-5,14-23,28H,1-2,6-13,24-27H2,3H3;5-13H,4,14-18H2,1-3H3;3,8-15H,1,4-7,16-17H2,2H3;6-13H,2-5H2,1H3;6-8H2,1-5H3;1,3,5-6H2,2,4H3. The number of carbonyl (C=O) groups is 9. The fourth-order valence-electron chi connectivity index (χ4n) is 15.6. The topological polar surface area (TPSA) is 307 Å². The maximum absolute atomic E-state index is 13.6. The molecule has 11 rings (SSSR count). The molecule has 0 spiro atoms. The Labute approximate surface area is 882 Å². The largest absolute Gasteiger partial charge is 0.497 e. The van der Waals surface area contributed by atoms with Gasteiger partial charge in [0, 0.05) is 64.8 Å². The first-order chi connectivity index (χ1) is 71.6. The number of unbranched alkanes of at least 4 members (excludes halogenated alkanes) is 11. The zero-order valence-corrected chi connectivity index (χ0v) is 89.7. The Morgan fingerprint density at radius 2 is 0.832 bits per heavy atom. The highest BCUT2D eigenvalue weighted by molar-refractivity contribution is 6.04. The smallest absolute Gasteiger partial charge is 0.343 e. The maximum Gasteiger partial charge on any atom is 0.343 e. The molecule has 2 aliphatic heterocycles. The Morgan fingerprint density at radius 1 is 0.443 bits per heavy atom. The third-order valence-electron chi connectivity index (χ3n) is 25.0. The second kappa shape index (κ2) is 68.1. The minimum atomic E-state index is -0.540. The van der Waals surface area contributed by atoms with Gasteiger partial charge in [-0.1, -0.05) is 126 Å². The van der Waals surface area contributed by atoms with Gasteiger partial charge in [0.25, 0.3) is 0 Å². The SMILES string of the molecule is C=C(C)C(=O)OCCOC(=O)C(=C)C.C=CC(=O)OCCCCCCOc1ccc(C(=O)Oc2ccc(OC(=O)c3ccc(OCCCCCCOC(=O)C=C)cc3)c(C)c2)cc1.C=CC(=O)OCCCCCCOc1ccc(OC(=O)c2ccc(OC)cc2)cc1.CCC(Cc1ccccc1)(C(=O)c1ccc(N2CCOCC2)cc1)N(C)C.CCCCCc1ccc(-c2ccc(C#N)cc2)cc1.CN1C(C)(C)CCCC1(C)C. The van der Waals surface area contributed by atoms with Crippen molar-refractivity contribution in [2.75, 3.05) is 112 Å². The van der Waals surface area contributed by atoms with Gasteiger partial charge in [-0.3, -0.25) is 14.6 Å². The molecule has 0 amide bonds. The van der Waals surface area contributed by atoms with Gasteiger partial charge in [-0.15, -0.1) is 0 Å². The number of nitrogens with zero attached hydrogens (tertiary/aromatic N) is 4. The second-order valence-electron chi connectivity index (χ2n) is 37.4. The van der Waals surface area contributed by atoms with E-state index < -0.39 is 47.3 Å². The molecule has 0 bridgehead atoms.